The van der Waals surface area contributed by atoms with Crippen molar-refractivity contribution in [2.45, 2.75) is 25.0 Å². The molecular weight excluding hydrogens is 256 g/mol. The molecular formula is C8H12O10. The summed E-state index contributed by atoms with van der Waals surface area (Å²) in [4.78, 5) is 38.8. The largest absolute Gasteiger partial charge is 0.481 e. The minimum absolute atomic E-state index is 0.755. The molecule has 0 aromatic carbocycles. The SMILES string of the molecule is O=C(O)CC(O)C(=O)O.O=C(O)C[C@@H](O)C(=O)O. The highest BCUT2D eigenvalue weighted by Crippen LogP contribution is 1.90. The van der Waals surface area contributed by atoms with Crippen LogP contribution >= 0.6 is 0 Å². The summed E-state index contributed by atoms with van der Waals surface area (Å²) >= 11 is 0. The zero-order valence-corrected chi connectivity index (χ0v) is 8.89. The number of carbonyl (C=O) groups is 4. The van der Waals surface area contributed by atoms with E-state index in [9.17, 15) is 19.2 Å². The van der Waals surface area contributed by atoms with E-state index in [1.807, 2.05) is 0 Å². The molecule has 0 aliphatic heterocycles. The third-order valence-corrected chi connectivity index (χ3v) is 1.31. The summed E-state index contributed by atoms with van der Waals surface area (Å²) in [7, 11) is 0. The van der Waals surface area contributed by atoms with Crippen LogP contribution in [-0.2, 0) is 19.2 Å². The number of aliphatic carboxylic acids is 4. The second kappa shape index (κ2) is 8.90. The summed E-state index contributed by atoms with van der Waals surface area (Å²) in [6.07, 6.45) is -5.09. The number of aliphatic hydroxyl groups excluding tert-OH is 2. The fourth-order valence-electron chi connectivity index (χ4n) is 0.505. The Hall–Kier alpha value is -2.20. The van der Waals surface area contributed by atoms with Crippen molar-refractivity contribution < 1.29 is 49.8 Å². The van der Waals surface area contributed by atoms with Gasteiger partial charge in [-0.2, -0.15) is 0 Å². The number of hydrogen-bond donors (Lipinski definition) is 6. The highest BCUT2D eigenvalue weighted by Gasteiger charge is 2.16. The van der Waals surface area contributed by atoms with Gasteiger partial charge in [0.1, 0.15) is 0 Å². The lowest BCUT2D eigenvalue weighted by molar-refractivity contribution is -0.153. The Morgan fingerprint density at radius 3 is 0.944 bits per heavy atom. The molecule has 1 unspecified atom stereocenters. The van der Waals surface area contributed by atoms with Gasteiger partial charge >= 0.3 is 23.9 Å². The molecule has 0 aromatic rings. The van der Waals surface area contributed by atoms with Crippen LogP contribution in [0.3, 0.4) is 0 Å². The summed E-state index contributed by atoms with van der Waals surface area (Å²) in [5, 5.41) is 48.3. The number of hydrogen-bond acceptors (Lipinski definition) is 6. The molecule has 0 bridgehead atoms. The quantitative estimate of drug-likeness (QED) is 0.308. The van der Waals surface area contributed by atoms with Gasteiger partial charge in [-0.1, -0.05) is 0 Å². The molecule has 0 saturated heterocycles. The van der Waals surface area contributed by atoms with Crippen molar-refractivity contribution in [3.8, 4) is 0 Å². The molecule has 0 aliphatic carbocycles. The molecule has 0 amide bonds. The zero-order chi connectivity index (χ0) is 14.9. The fourth-order valence-corrected chi connectivity index (χ4v) is 0.505. The first-order valence-electron chi connectivity index (χ1n) is 4.33. The minimum Gasteiger partial charge on any atom is -0.481 e. The van der Waals surface area contributed by atoms with Gasteiger partial charge in [0.05, 0.1) is 12.8 Å². The van der Waals surface area contributed by atoms with Gasteiger partial charge < -0.3 is 30.6 Å². The first-order valence-corrected chi connectivity index (χ1v) is 4.33. The van der Waals surface area contributed by atoms with Gasteiger partial charge in [0.2, 0.25) is 0 Å². The maximum atomic E-state index is 9.72. The van der Waals surface area contributed by atoms with E-state index >= 15 is 0 Å². The molecule has 0 saturated carbocycles. The molecule has 6 N–H and O–H groups in total. The van der Waals surface area contributed by atoms with Gasteiger partial charge in [-0.05, 0) is 0 Å². The van der Waals surface area contributed by atoms with E-state index in [0.29, 0.717) is 0 Å². The second-order valence-electron chi connectivity index (χ2n) is 2.90. The van der Waals surface area contributed by atoms with Crippen LogP contribution in [0.15, 0.2) is 0 Å². The molecule has 0 spiro atoms. The van der Waals surface area contributed by atoms with E-state index in [2.05, 4.69) is 0 Å². The first kappa shape index (κ1) is 18.2. The Morgan fingerprint density at radius 2 is 0.889 bits per heavy atom. The maximum absolute atomic E-state index is 9.72. The lowest BCUT2D eigenvalue weighted by atomic mass is 10.3. The van der Waals surface area contributed by atoms with Crippen LogP contribution in [0.5, 0.6) is 0 Å². The fraction of sp³-hybridized carbons (Fsp3) is 0.500. The zero-order valence-electron chi connectivity index (χ0n) is 8.89. The average Bonchev–Trinajstić information content (AvgIpc) is 2.16. The lowest BCUT2D eigenvalue weighted by Gasteiger charge is -1.97. The summed E-state index contributed by atoms with van der Waals surface area (Å²) in [6, 6.07) is 0. The number of carboxylic acid groups (broad SMARTS) is 4. The van der Waals surface area contributed by atoms with E-state index in [-0.39, 0.29) is 0 Å². The summed E-state index contributed by atoms with van der Waals surface area (Å²) < 4.78 is 0. The molecule has 0 fully saturated rings. The highest BCUT2D eigenvalue weighted by molar-refractivity contribution is 5.79. The maximum Gasteiger partial charge on any atom is 0.333 e. The first-order chi connectivity index (χ1) is 8.07. The molecule has 0 aromatic heterocycles. The summed E-state index contributed by atoms with van der Waals surface area (Å²) in [5.74, 6) is -5.69. The van der Waals surface area contributed by atoms with Crippen LogP contribution in [0.2, 0.25) is 0 Å². The van der Waals surface area contributed by atoms with Gasteiger partial charge in [0, 0.05) is 0 Å². The van der Waals surface area contributed by atoms with Crippen LogP contribution in [-0.4, -0.2) is 66.7 Å². The normalized spacial score (nSPS) is 12.6. The Balaban J connectivity index is 0. The van der Waals surface area contributed by atoms with Crippen molar-refractivity contribution in [2.24, 2.45) is 0 Å². The number of aliphatic hydroxyl groups is 2. The smallest absolute Gasteiger partial charge is 0.333 e. The second-order valence-corrected chi connectivity index (χ2v) is 2.90. The Bertz CT molecular complexity index is 290. The van der Waals surface area contributed by atoms with E-state index in [4.69, 9.17) is 30.6 Å². The molecule has 0 radical (unpaired) electrons. The topological polar surface area (TPSA) is 190 Å². The Morgan fingerprint density at radius 1 is 0.667 bits per heavy atom. The lowest BCUT2D eigenvalue weighted by Crippen LogP contribution is -2.22. The predicted molar refractivity (Wildman–Crippen MR) is 51.8 cm³/mol. The Kier molecular flexibility index (Phi) is 8.98. The molecule has 2 atom stereocenters. The van der Waals surface area contributed by atoms with E-state index in [1.54, 1.807) is 0 Å². The highest BCUT2D eigenvalue weighted by atomic mass is 16.4. The van der Waals surface area contributed by atoms with Gasteiger partial charge in [-0.15, -0.1) is 0 Å². The molecule has 18 heavy (non-hydrogen) atoms. The van der Waals surface area contributed by atoms with Crippen LogP contribution in [0, 0.1) is 0 Å². The van der Waals surface area contributed by atoms with Crippen molar-refractivity contribution in [3.63, 3.8) is 0 Å². The van der Waals surface area contributed by atoms with Crippen molar-refractivity contribution in [3.05, 3.63) is 0 Å². The van der Waals surface area contributed by atoms with Crippen LogP contribution in [0.1, 0.15) is 12.8 Å². The average molecular weight is 268 g/mol. The third-order valence-electron chi connectivity index (χ3n) is 1.31. The standard InChI is InChI=1S/2C4H6O5/c2*5-2(4(8)9)1-3(6)7/h2*2,5H,1H2,(H,6,7)(H,8,9)/t2-;/m1./s1. The minimum atomic E-state index is -1.79. The molecule has 0 heterocycles. The molecule has 0 rings (SSSR count). The molecule has 10 heteroatoms. The van der Waals surface area contributed by atoms with Gasteiger partial charge in [-0.25, -0.2) is 9.59 Å². The van der Waals surface area contributed by atoms with Crippen molar-refractivity contribution in [2.75, 3.05) is 0 Å². The molecule has 104 valence electrons. The van der Waals surface area contributed by atoms with Crippen LogP contribution in [0.4, 0.5) is 0 Å². The van der Waals surface area contributed by atoms with E-state index in [1.165, 1.54) is 0 Å². The van der Waals surface area contributed by atoms with Gasteiger partial charge in [-0.3, -0.25) is 9.59 Å². The number of carboxylic acids is 4. The van der Waals surface area contributed by atoms with E-state index in [0.717, 1.165) is 0 Å². The summed E-state index contributed by atoms with van der Waals surface area (Å²) in [5.41, 5.74) is 0. The van der Waals surface area contributed by atoms with Crippen LogP contribution in [0.25, 0.3) is 0 Å². The number of rotatable bonds is 6. The van der Waals surface area contributed by atoms with Crippen molar-refractivity contribution >= 4 is 23.9 Å². The van der Waals surface area contributed by atoms with Crippen LogP contribution < -0.4 is 0 Å². The van der Waals surface area contributed by atoms with Crippen molar-refractivity contribution in [1.82, 2.24) is 0 Å². The molecule has 10 nitrogen and oxygen atoms in total. The van der Waals surface area contributed by atoms with Gasteiger partial charge in [0.15, 0.2) is 12.2 Å². The van der Waals surface area contributed by atoms with E-state index < -0.39 is 48.9 Å². The Labute approximate surface area is 99.7 Å². The van der Waals surface area contributed by atoms with Crippen molar-refractivity contribution in [1.29, 1.82) is 0 Å². The molecule has 0 aliphatic rings. The monoisotopic (exact) mass is 268 g/mol. The van der Waals surface area contributed by atoms with Gasteiger partial charge in [0.25, 0.3) is 0 Å². The predicted octanol–water partition coefficient (Wildman–Crippen LogP) is -2.19. The third kappa shape index (κ3) is 11.9. The summed E-state index contributed by atoms with van der Waals surface area (Å²) in [6.45, 7) is 0.